The third-order valence-corrected chi connectivity index (χ3v) is 10.4. The van der Waals surface area contributed by atoms with E-state index < -0.39 is 47.1 Å². The molecule has 45 heavy (non-hydrogen) atoms. The maximum atomic E-state index is 14.3. The number of benzene rings is 1. The summed E-state index contributed by atoms with van der Waals surface area (Å²) in [6.45, 7) is 15.8. The van der Waals surface area contributed by atoms with Crippen molar-refractivity contribution in [3.8, 4) is 0 Å². The Hall–Kier alpha value is -3.54. The average Bonchev–Trinajstić information content (AvgIpc) is 3.44. The summed E-state index contributed by atoms with van der Waals surface area (Å²) < 4.78 is 6.31. The molecule has 6 atom stereocenters. The van der Waals surface area contributed by atoms with Crippen LogP contribution in [0.2, 0.25) is 0 Å². The third kappa shape index (κ3) is 6.71. The predicted octanol–water partition coefficient (Wildman–Crippen LogP) is 3.91. The van der Waals surface area contributed by atoms with Gasteiger partial charge in [-0.1, -0.05) is 46.8 Å². The highest BCUT2D eigenvalue weighted by Crippen LogP contribution is 2.65. The van der Waals surface area contributed by atoms with Gasteiger partial charge in [0.1, 0.15) is 17.7 Å². The van der Waals surface area contributed by atoms with Crippen LogP contribution in [0.3, 0.4) is 0 Å². The van der Waals surface area contributed by atoms with Crippen molar-refractivity contribution < 1.29 is 28.7 Å². The zero-order chi connectivity index (χ0) is 33.1. The summed E-state index contributed by atoms with van der Waals surface area (Å²) >= 11 is 1.25. The maximum Gasteiger partial charge on any atom is 0.408 e. The van der Waals surface area contributed by atoms with Crippen LogP contribution < -0.4 is 16.0 Å². The number of likely N-dealkylation sites (tertiary alicyclic amines) is 1. The van der Waals surface area contributed by atoms with Crippen LogP contribution in [0.1, 0.15) is 78.0 Å². The van der Waals surface area contributed by atoms with Gasteiger partial charge < -0.3 is 25.6 Å². The number of piperidine rings is 1. The van der Waals surface area contributed by atoms with E-state index in [-0.39, 0.29) is 46.3 Å². The number of Topliss-reactive ketones (excluding diaryl/α,β-unsaturated/α-hetero) is 1. The Balaban J connectivity index is 1.42. The van der Waals surface area contributed by atoms with Gasteiger partial charge in [-0.15, -0.1) is 11.3 Å². The molecule has 1 saturated carbocycles. The zero-order valence-electron chi connectivity index (χ0n) is 27.4. The van der Waals surface area contributed by atoms with Crippen LogP contribution in [0.5, 0.6) is 0 Å². The Kier molecular flexibility index (Phi) is 8.52. The largest absolute Gasteiger partial charge is 0.444 e. The van der Waals surface area contributed by atoms with Gasteiger partial charge in [-0.05, 0) is 68.4 Å². The molecule has 1 aromatic carbocycles. The quantitative estimate of drug-likeness (QED) is 0.371. The first-order valence-corrected chi connectivity index (χ1v) is 16.5. The highest BCUT2D eigenvalue weighted by molar-refractivity contribution is 7.20. The molecular weight excluding hydrogens is 594 g/mol. The number of thiazole rings is 1. The van der Waals surface area contributed by atoms with Crippen LogP contribution in [0.25, 0.3) is 10.2 Å². The Morgan fingerprint density at radius 3 is 2.40 bits per heavy atom. The molecule has 0 unspecified atom stereocenters. The Morgan fingerprint density at radius 2 is 1.80 bits per heavy atom. The number of carbonyl (C=O) groups is 5. The summed E-state index contributed by atoms with van der Waals surface area (Å²) in [5, 5.41) is 8.80. The van der Waals surface area contributed by atoms with E-state index in [1.54, 1.807) is 25.7 Å². The number of rotatable bonds is 8. The highest BCUT2D eigenvalue weighted by Gasteiger charge is 2.70. The first kappa shape index (κ1) is 32.8. The number of alkyl carbamates (subject to hydrolysis) is 1. The normalized spacial score (nSPS) is 25.2. The van der Waals surface area contributed by atoms with Gasteiger partial charge in [-0.3, -0.25) is 19.2 Å². The van der Waals surface area contributed by atoms with Crippen LogP contribution in [-0.2, 0) is 19.1 Å². The lowest BCUT2D eigenvalue weighted by molar-refractivity contribution is -0.144. The molecule has 3 N–H and O–H groups in total. The number of aromatic nitrogens is 1. The minimum Gasteiger partial charge on any atom is -0.444 e. The first-order valence-electron chi connectivity index (χ1n) is 15.7. The van der Waals surface area contributed by atoms with Crippen molar-refractivity contribution in [2.24, 2.45) is 28.6 Å². The molecule has 2 aromatic rings. The van der Waals surface area contributed by atoms with Crippen molar-refractivity contribution in [3.05, 3.63) is 29.3 Å². The number of amides is 4. The molecular formula is C33H45N5O6S. The van der Waals surface area contributed by atoms with Crippen molar-refractivity contribution in [1.82, 2.24) is 25.8 Å². The second kappa shape index (κ2) is 11.7. The number of hydrogen-bond donors (Lipinski definition) is 3. The average molecular weight is 640 g/mol. The van der Waals surface area contributed by atoms with Crippen LogP contribution in [-0.4, -0.2) is 76.3 Å². The van der Waals surface area contributed by atoms with E-state index in [1.165, 1.54) is 11.3 Å². The van der Waals surface area contributed by atoms with Gasteiger partial charge in [0.2, 0.25) is 23.5 Å². The lowest BCUT2D eigenvalue weighted by Crippen LogP contribution is -2.60. The number of nitrogens with zero attached hydrogens (tertiary/aromatic N) is 2. The SMILES string of the molecule is CC(C)(C)OC(=O)N[C@H](C(=O)N1C[C@H]2[C@@H]([C@H]1C(=O)N[C@@H](C[C@@H]1CCNC1=O)C(=O)c1nc3ccccc3s1)C2(C)C)C(C)(C)C. The van der Waals surface area contributed by atoms with E-state index in [0.717, 1.165) is 4.70 Å². The van der Waals surface area contributed by atoms with Gasteiger partial charge in [0.05, 0.1) is 16.3 Å². The summed E-state index contributed by atoms with van der Waals surface area (Å²) in [6.07, 6.45) is -0.0130. The maximum absolute atomic E-state index is 14.3. The van der Waals surface area contributed by atoms with Crippen molar-refractivity contribution >= 4 is 51.2 Å². The molecule has 244 valence electrons. The molecule has 12 heteroatoms. The van der Waals surface area contributed by atoms with Gasteiger partial charge in [-0.2, -0.15) is 0 Å². The van der Waals surface area contributed by atoms with E-state index in [9.17, 15) is 24.0 Å². The lowest BCUT2D eigenvalue weighted by atomic mass is 9.85. The Bertz CT molecular complexity index is 1490. The van der Waals surface area contributed by atoms with Gasteiger partial charge in [0, 0.05) is 19.0 Å². The number of hydrogen-bond acceptors (Lipinski definition) is 8. The topological polar surface area (TPSA) is 147 Å². The van der Waals surface area contributed by atoms with Crippen LogP contribution in [0.15, 0.2) is 24.3 Å². The fourth-order valence-electron chi connectivity index (χ4n) is 6.82. The number of fused-ring (bicyclic) bond motifs is 2. The molecule has 2 aliphatic heterocycles. The molecule has 0 radical (unpaired) electrons. The smallest absolute Gasteiger partial charge is 0.408 e. The summed E-state index contributed by atoms with van der Waals surface area (Å²) in [5.41, 5.74) is -0.918. The van der Waals surface area contributed by atoms with Gasteiger partial charge >= 0.3 is 6.09 Å². The second-order valence-corrected chi connectivity index (χ2v) is 16.3. The Morgan fingerprint density at radius 1 is 1.11 bits per heavy atom. The van der Waals surface area contributed by atoms with Crippen molar-refractivity contribution in [2.45, 2.75) is 92.0 Å². The molecule has 4 amide bonds. The summed E-state index contributed by atoms with van der Waals surface area (Å²) in [6, 6.07) is 4.64. The van der Waals surface area contributed by atoms with Crippen molar-refractivity contribution in [1.29, 1.82) is 0 Å². The number of para-hydroxylation sites is 1. The predicted molar refractivity (Wildman–Crippen MR) is 170 cm³/mol. The van der Waals surface area contributed by atoms with Crippen LogP contribution >= 0.6 is 11.3 Å². The van der Waals surface area contributed by atoms with E-state index in [4.69, 9.17) is 4.74 Å². The molecule has 5 rings (SSSR count). The minimum atomic E-state index is -0.997. The zero-order valence-corrected chi connectivity index (χ0v) is 28.2. The first-order chi connectivity index (χ1) is 20.9. The summed E-state index contributed by atoms with van der Waals surface area (Å²) in [7, 11) is 0. The molecule has 3 aliphatic rings. The number of ketones is 1. The van der Waals surface area contributed by atoms with Crippen molar-refractivity contribution in [2.75, 3.05) is 13.1 Å². The lowest BCUT2D eigenvalue weighted by Gasteiger charge is -2.38. The fourth-order valence-corrected chi connectivity index (χ4v) is 7.78. The second-order valence-electron chi connectivity index (χ2n) is 15.3. The van der Waals surface area contributed by atoms with E-state index in [0.29, 0.717) is 25.0 Å². The monoisotopic (exact) mass is 639 g/mol. The third-order valence-electron chi connectivity index (χ3n) is 9.35. The minimum absolute atomic E-state index is 0.0957. The highest BCUT2D eigenvalue weighted by atomic mass is 32.1. The molecule has 2 saturated heterocycles. The van der Waals surface area contributed by atoms with Gasteiger partial charge in [0.25, 0.3) is 0 Å². The molecule has 11 nitrogen and oxygen atoms in total. The Labute approximate surface area is 268 Å². The molecule has 0 spiro atoms. The number of nitrogens with one attached hydrogen (secondary N) is 3. The molecule has 1 aromatic heterocycles. The van der Waals surface area contributed by atoms with E-state index in [1.807, 2.05) is 45.0 Å². The van der Waals surface area contributed by atoms with E-state index in [2.05, 4.69) is 34.8 Å². The molecule has 1 aliphatic carbocycles. The summed E-state index contributed by atoms with van der Waals surface area (Å²) in [4.78, 5) is 73.8. The number of ether oxygens (including phenoxy) is 1. The number of carbonyl (C=O) groups excluding carboxylic acids is 5. The molecule has 0 bridgehead atoms. The van der Waals surface area contributed by atoms with Gasteiger partial charge in [-0.25, -0.2) is 9.78 Å². The van der Waals surface area contributed by atoms with Crippen LogP contribution in [0.4, 0.5) is 4.79 Å². The van der Waals surface area contributed by atoms with Crippen molar-refractivity contribution in [3.63, 3.8) is 0 Å². The van der Waals surface area contributed by atoms with E-state index >= 15 is 0 Å². The molecule has 3 heterocycles. The molecule has 3 fully saturated rings. The standard InChI is InChI=1S/C33H45N5O6S/c1-31(2,3)25(37-30(43)44-32(4,5)6)29(42)38-16-18-22(33(18,7)8)23(38)27(41)35-20(15-17-13-14-34-26(17)40)24(39)28-36-19-11-9-10-12-21(19)45-28/h9-12,17-18,20,22-23,25H,13-16H2,1-8H3,(H,34,40)(H,35,41)(H,37,43)/t17-,18-,20-,22-,23-,25+/m0/s1. The fraction of sp³-hybridized carbons (Fsp3) is 0.636. The van der Waals surface area contributed by atoms with Gasteiger partial charge in [0.15, 0.2) is 5.01 Å². The summed E-state index contributed by atoms with van der Waals surface area (Å²) in [5.74, 6) is -1.76. The van der Waals surface area contributed by atoms with Crippen LogP contribution in [0, 0.1) is 28.6 Å².